The standard InChI is InChI=1S/C8H18O2.H2Se/c1-7(2,3)9-10-8(4,5)6;/h1-6H3;1H2. The van der Waals surface area contributed by atoms with Gasteiger partial charge in [-0.3, -0.25) is 0 Å². The molecule has 3 heteroatoms. The topological polar surface area (TPSA) is 18.5 Å². The Morgan fingerprint density at radius 2 is 0.818 bits per heavy atom. The molecule has 2 nitrogen and oxygen atoms in total. The van der Waals surface area contributed by atoms with Gasteiger partial charge in [0.25, 0.3) is 0 Å². The molecule has 0 aromatic rings. The molecule has 0 saturated heterocycles. The van der Waals surface area contributed by atoms with E-state index in [2.05, 4.69) is 0 Å². The molecule has 0 spiro atoms. The fraction of sp³-hybridized carbons (Fsp3) is 1.00. The summed E-state index contributed by atoms with van der Waals surface area (Å²) >= 11 is 0. The summed E-state index contributed by atoms with van der Waals surface area (Å²) in [6.45, 7) is 11.7. The molecule has 0 rings (SSSR count). The molecule has 0 aliphatic heterocycles. The van der Waals surface area contributed by atoms with Crippen molar-refractivity contribution in [1.82, 2.24) is 0 Å². The SMILES string of the molecule is CC(C)(C)OOC(C)(C)C.[SeH2]. The predicted octanol–water partition coefficient (Wildman–Crippen LogP) is 1.62. The maximum absolute atomic E-state index is 5.09. The summed E-state index contributed by atoms with van der Waals surface area (Å²) in [6.07, 6.45) is 0. The molecule has 0 unspecified atom stereocenters. The second-order valence-electron chi connectivity index (χ2n) is 4.39. The van der Waals surface area contributed by atoms with E-state index in [4.69, 9.17) is 9.78 Å². The van der Waals surface area contributed by atoms with Crippen LogP contribution in [0.5, 0.6) is 0 Å². The third kappa shape index (κ3) is 13.4. The molecule has 0 aliphatic rings. The quantitative estimate of drug-likeness (QED) is 0.385. The molecule has 0 amide bonds. The molecular formula is C8H20O2Se. The van der Waals surface area contributed by atoms with Crippen LogP contribution in [0.2, 0.25) is 0 Å². The van der Waals surface area contributed by atoms with Crippen LogP contribution >= 0.6 is 0 Å². The average molecular weight is 227 g/mol. The molecule has 0 saturated carbocycles. The zero-order chi connectivity index (χ0) is 8.41. The average Bonchev–Trinajstić information content (AvgIpc) is 1.57. The summed E-state index contributed by atoms with van der Waals surface area (Å²) in [5.41, 5.74) is -0.430. The van der Waals surface area contributed by atoms with E-state index in [9.17, 15) is 0 Å². The Balaban J connectivity index is 0. The van der Waals surface area contributed by atoms with Crippen LogP contribution in [0.3, 0.4) is 0 Å². The van der Waals surface area contributed by atoms with Gasteiger partial charge in [0, 0.05) is 0 Å². The van der Waals surface area contributed by atoms with Crippen molar-refractivity contribution >= 4 is 17.1 Å². The minimum absolute atomic E-state index is 0. The van der Waals surface area contributed by atoms with Crippen molar-refractivity contribution in [3.8, 4) is 0 Å². The van der Waals surface area contributed by atoms with Crippen LogP contribution < -0.4 is 0 Å². The van der Waals surface area contributed by atoms with Crippen molar-refractivity contribution in [1.29, 1.82) is 0 Å². The summed E-state index contributed by atoms with van der Waals surface area (Å²) < 4.78 is 0. The molecule has 0 aliphatic carbocycles. The first-order valence-corrected chi connectivity index (χ1v) is 3.57. The van der Waals surface area contributed by atoms with E-state index in [0.717, 1.165) is 0 Å². The van der Waals surface area contributed by atoms with Crippen LogP contribution in [0.4, 0.5) is 0 Å². The second-order valence-corrected chi connectivity index (χ2v) is 4.39. The van der Waals surface area contributed by atoms with Gasteiger partial charge in [0.1, 0.15) is 0 Å². The van der Waals surface area contributed by atoms with Crippen LogP contribution in [0.25, 0.3) is 0 Å². The van der Waals surface area contributed by atoms with E-state index in [1.807, 2.05) is 41.5 Å². The van der Waals surface area contributed by atoms with Crippen molar-refractivity contribution in [3.05, 3.63) is 0 Å². The van der Waals surface area contributed by atoms with E-state index in [1.54, 1.807) is 0 Å². The van der Waals surface area contributed by atoms with E-state index in [1.165, 1.54) is 0 Å². The van der Waals surface area contributed by atoms with Crippen LogP contribution in [0.15, 0.2) is 0 Å². The Kier molecular flexibility index (Phi) is 5.67. The monoisotopic (exact) mass is 228 g/mol. The zero-order valence-electron chi connectivity index (χ0n) is 8.32. The first-order valence-electron chi connectivity index (χ1n) is 3.57. The van der Waals surface area contributed by atoms with Crippen molar-refractivity contribution in [3.63, 3.8) is 0 Å². The van der Waals surface area contributed by atoms with Crippen LogP contribution in [0, 0.1) is 0 Å². The fourth-order valence-electron chi connectivity index (χ4n) is 0.250. The van der Waals surface area contributed by atoms with Gasteiger partial charge in [-0.05, 0) is 41.5 Å². The maximum atomic E-state index is 5.09. The van der Waals surface area contributed by atoms with Crippen LogP contribution in [-0.2, 0) is 9.78 Å². The van der Waals surface area contributed by atoms with Crippen LogP contribution in [0.1, 0.15) is 41.5 Å². The Labute approximate surface area is 80.0 Å². The van der Waals surface area contributed by atoms with Gasteiger partial charge in [-0.1, -0.05) is 0 Å². The normalized spacial score (nSPS) is 12.5. The molecule has 0 fully saturated rings. The molecule has 0 aromatic heterocycles. The Morgan fingerprint density at radius 3 is 0.909 bits per heavy atom. The first-order chi connectivity index (χ1) is 4.21. The molecule has 11 heavy (non-hydrogen) atoms. The van der Waals surface area contributed by atoms with E-state index in [0.29, 0.717) is 0 Å². The molecular weight excluding hydrogens is 207 g/mol. The van der Waals surface area contributed by atoms with Gasteiger partial charge in [-0.25, -0.2) is 9.78 Å². The van der Waals surface area contributed by atoms with Gasteiger partial charge >= 0.3 is 17.1 Å². The summed E-state index contributed by atoms with van der Waals surface area (Å²) in [7, 11) is 0. The molecule has 0 heterocycles. The number of hydrogen-bond donors (Lipinski definition) is 0. The van der Waals surface area contributed by atoms with Crippen molar-refractivity contribution < 1.29 is 9.78 Å². The summed E-state index contributed by atoms with van der Waals surface area (Å²) in [5, 5.41) is 0. The van der Waals surface area contributed by atoms with Crippen molar-refractivity contribution in [2.24, 2.45) is 0 Å². The summed E-state index contributed by atoms with van der Waals surface area (Å²) in [4.78, 5) is 10.2. The van der Waals surface area contributed by atoms with Gasteiger partial charge < -0.3 is 0 Å². The molecule has 0 atom stereocenters. The van der Waals surface area contributed by atoms with Gasteiger partial charge in [0.2, 0.25) is 0 Å². The number of hydrogen-bond acceptors (Lipinski definition) is 2. The van der Waals surface area contributed by atoms with Gasteiger partial charge in [-0.2, -0.15) is 0 Å². The van der Waals surface area contributed by atoms with Crippen molar-refractivity contribution in [2.45, 2.75) is 52.7 Å². The molecule has 0 aromatic carbocycles. The molecule has 0 N–H and O–H groups in total. The second kappa shape index (κ2) is 4.46. The Hall–Kier alpha value is 0.439. The van der Waals surface area contributed by atoms with Crippen LogP contribution in [-0.4, -0.2) is 28.3 Å². The van der Waals surface area contributed by atoms with E-state index in [-0.39, 0.29) is 28.3 Å². The van der Waals surface area contributed by atoms with Gasteiger partial charge in [0.05, 0.1) is 11.2 Å². The third-order valence-corrected chi connectivity index (χ3v) is 0.542. The van der Waals surface area contributed by atoms with Crippen molar-refractivity contribution in [2.75, 3.05) is 0 Å². The summed E-state index contributed by atoms with van der Waals surface area (Å²) in [6, 6.07) is 0. The van der Waals surface area contributed by atoms with E-state index < -0.39 is 0 Å². The third-order valence-electron chi connectivity index (χ3n) is 0.542. The summed E-state index contributed by atoms with van der Waals surface area (Å²) in [5.74, 6) is 0. The fourth-order valence-corrected chi connectivity index (χ4v) is 0.250. The number of rotatable bonds is 1. The molecule has 0 bridgehead atoms. The van der Waals surface area contributed by atoms with E-state index >= 15 is 0 Å². The minimum atomic E-state index is -0.215. The Bertz CT molecular complexity index is 85.6. The molecule has 70 valence electrons. The first kappa shape index (κ1) is 14.0. The molecule has 0 radical (unpaired) electrons. The zero-order valence-corrected chi connectivity index (χ0v) is 10.4. The predicted molar refractivity (Wildman–Crippen MR) is 50.2 cm³/mol. The van der Waals surface area contributed by atoms with Gasteiger partial charge in [-0.15, -0.1) is 0 Å². The van der Waals surface area contributed by atoms with Gasteiger partial charge in [0.15, 0.2) is 0 Å². The Morgan fingerprint density at radius 1 is 0.636 bits per heavy atom.